The van der Waals surface area contributed by atoms with Crippen LogP contribution in [-0.2, 0) is 4.79 Å². The number of benzene rings is 2. The first-order valence-corrected chi connectivity index (χ1v) is 9.78. The van der Waals surface area contributed by atoms with Crippen molar-refractivity contribution in [1.82, 2.24) is 9.78 Å². The summed E-state index contributed by atoms with van der Waals surface area (Å²) in [5.74, 6) is -0.171. The van der Waals surface area contributed by atoms with Crippen LogP contribution < -0.4 is 4.74 Å². The van der Waals surface area contributed by atoms with E-state index in [1.54, 1.807) is 50.6 Å². The highest BCUT2D eigenvalue weighted by atomic mass is 32.2. The van der Waals surface area contributed by atoms with E-state index in [-0.39, 0.29) is 11.6 Å². The fraction of sp³-hybridized carbons (Fsp3) is 0.238. The van der Waals surface area contributed by atoms with Crippen LogP contribution in [0.2, 0.25) is 0 Å². The molecule has 7 nitrogen and oxygen atoms in total. The van der Waals surface area contributed by atoms with Crippen molar-refractivity contribution in [2.24, 2.45) is 5.41 Å². The molecule has 0 fully saturated rings. The summed E-state index contributed by atoms with van der Waals surface area (Å²) in [5.41, 5.74) is 0.591. The molecule has 0 spiro atoms. The van der Waals surface area contributed by atoms with Gasteiger partial charge in [0.2, 0.25) is 5.88 Å². The van der Waals surface area contributed by atoms with E-state index in [9.17, 15) is 14.9 Å². The predicted octanol–water partition coefficient (Wildman–Crippen LogP) is 5.19. The van der Waals surface area contributed by atoms with Crippen molar-refractivity contribution < 1.29 is 14.5 Å². The first-order chi connectivity index (χ1) is 13.7. The van der Waals surface area contributed by atoms with E-state index in [1.165, 1.54) is 6.07 Å². The van der Waals surface area contributed by atoms with Gasteiger partial charge in [-0.2, -0.15) is 9.78 Å². The van der Waals surface area contributed by atoms with E-state index >= 15 is 0 Å². The van der Waals surface area contributed by atoms with Gasteiger partial charge in [-0.25, -0.2) is 0 Å². The van der Waals surface area contributed by atoms with Gasteiger partial charge in [-0.15, -0.1) is 0 Å². The number of esters is 1. The zero-order valence-electron chi connectivity index (χ0n) is 16.6. The molecule has 0 saturated heterocycles. The number of carbonyl (C=O) groups excluding carboxylic acids is 1. The first kappa shape index (κ1) is 20.6. The molecule has 0 amide bonds. The van der Waals surface area contributed by atoms with Crippen molar-refractivity contribution in [1.29, 1.82) is 0 Å². The standard InChI is InChI=1S/C21H21N3O4S/c1-14-18(29-17-13-9-8-12-16(17)24(26)27)19(28-20(25)21(2,3)4)23(22-14)15-10-6-5-7-11-15/h5-13H,1-4H3. The monoisotopic (exact) mass is 411 g/mol. The summed E-state index contributed by atoms with van der Waals surface area (Å²) in [7, 11) is 0. The summed E-state index contributed by atoms with van der Waals surface area (Å²) < 4.78 is 7.31. The van der Waals surface area contributed by atoms with Crippen LogP contribution in [0.5, 0.6) is 5.88 Å². The topological polar surface area (TPSA) is 87.3 Å². The quantitative estimate of drug-likeness (QED) is 0.326. The first-order valence-electron chi connectivity index (χ1n) is 8.97. The lowest BCUT2D eigenvalue weighted by molar-refractivity contribution is -0.387. The van der Waals surface area contributed by atoms with Crippen LogP contribution in [-0.4, -0.2) is 20.7 Å². The van der Waals surface area contributed by atoms with Gasteiger partial charge in [0, 0.05) is 6.07 Å². The van der Waals surface area contributed by atoms with Gasteiger partial charge in [-0.05, 0) is 45.9 Å². The second-order valence-electron chi connectivity index (χ2n) is 7.43. The second kappa shape index (κ2) is 8.08. The molecule has 0 N–H and O–H groups in total. The fourth-order valence-corrected chi connectivity index (χ4v) is 3.51. The Balaban J connectivity index is 2.13. The number of para-hydroxylation sites is 2. The Labute approximate surface area is 172 Å². The molecule has 0 aliphatic carbocycles. The number of carbonyl (C=O) groups is 1. The normalized spacial score (nSPS) is 11.3. The molecule has 150 valence electrons. The van der Waals surface area contributed by atoms with Crippen molar-refractivity contribution in [3.8, 4) is 11.6 Å². The second-order valence-corrected chi connectivity index (χ2v) is 8.49. The van der Waals surface area contributed by atoms with Crippen LogP contribution >= 0.6 is 11.8 Å². The van der Waals surface area contributed by atoms with Gasteiger partial charge in [0.05, 0.1) is 31.5 Å². The number of hydrogen-bond acceptors (Lipinski definition) is 6. The minimum atomic E-state index is -0.722. The van der Waals surface area contributed by atoms with Crippen molar-refractivity contribution in [3.63, 3.8) is 0 Å². The third-order valence-electron chi connectivity index (χ3n) is 4.04. The maximum absolute atomic E-state index is 12.6. The molecule has 1 aromatic heterocycles. The van der Waals surface area contributed by atoms with E-state index < -0.39 is 16.3 Å². The van der Waals surface area contributed by atoms with E-state index in [1.807, 2.05) is 30.3 Å². The number of rotatable bonds is 5. The Kier molecular flexibility index (Phi) is 5.74. The molecular weight excluding hydrogens is 390 g/mol. The maximum Gasteiger partial charge on any atom is 0.317 e. The minimum absolute atomic E-state index is 0.0162. The van der Waals surface area contributed by atoms with Crippen LogP contribution in [0.25, 0.3) is 5.69 Å². The largest absolute Gasteiger partial charge is 0.406 e. The summed E-state index contributed by atoms with van der Waals surface area (Å²) in [4.78, 5) is 24.6. The Morgan fingerprint density at radius 1 is 1.10 bits per heavy atom. The number of nitro groups is 1. The van der Waals surface area contributed by atoms with Crippen molar-refractivity contribution in [2.75, 3.05) is 0 Å². The number of ether oxygens (including phenoxy) is 1. The summed E-state index contributed by atoms with van der Waals surface area (Å²) in [6.45, 7) is 7.08. The van der Waals surface area contributed by atoms with Crippen LogP contribution in [0.4, 0.5) is 5.69 Å². The summed E-state index contributed by atoms with van der Waals surface area (Å²) in [6.07, 6.45) is 0. The average molecular weight is 411 g/mol. The molecule has 0 aliphatic rings. The Hall–Kier alpha value is -3.13. The third-order valence-corrected chi connectivity index (χ3v) is 5.28. The van der Waals surface area contributed by atoms with Crippen molar-refractivity contribution in [2.45, 2.75) is 37.5 Å². The zero-order valence-corrected chi connectivity index (χ0v) is 17.4. The molecule has 2 aromatic carbocycles. The van der Waals surface area contributed by atoms with Crippen LogP contribution in [0.3, 0.4) is 0 Å². The summed E-state index contributed by atoms with van der Waals surface area (Å²) in [6, 6.07) is 15.7. The molecule has 0 unspecified atom stereocenters. The van der Waals surface area contributed by atoms with Gasteiger partial charge in [0.25, 0.3) is 5.69 Å². The lowest BCUT2D eigenvalue weighted by Crippen LogP contribution is -2.26. The van der Waals surface area contributed by atoms with Gasteiger partial charge in [0.15, 0.2) is 0 Å². The Morgan fingerprint density at radius 2 is 1.72 bits per heavy atom. The Bertz CT molecular complexity index is 1060. The fourth-order valence-electron chi connectivity index (χ4n) is 2.49. The SMILES string of the molecule is Cc1nn(-c2ccccc2)c(OC(=O)C(C)(C)C)c1Sc1ccccc1[N+](=O)[O-]. The zero-order chi connectivity index (χ0) is 21.2. The van der Waals surface area contributed by atoms with Crippen LogP contribution in [0.1, 0.15) is 26.5 Å². The number of hydrogen-bond donors (Lipinski definition) is 0. The Morgan fingerprint density at radius 3 is 2.34 bits per heavy atom. The van der Waals surface area contributed by atoms with Crippen molar-refractivity contribution >= 4 is 23.4 Å². The van der Waals surface area contributed by atoms with E-state index in [0.29, 0.717) is 15.5 Å². The van der Waals surface area contributed by atoms with Crippen LogP contribution in [0.15, 0.2) is 64.4 Å². The number of nitro benzene ring substituents is 1. The van der Waals surface area contributed by atoms with E-state index in [0.717, 1.165) is 17.4 Å². The lowest BCUT2D eigenvalue weighted by atomic mass is 9.97. The highest BCUT2D eigenvalue weighted by Gasteiger charge is 2.29. The number of aromatic nitrogens is 2. The third kappa shape index (κ3) is 4.48. The molecule has 29 heavy (non-hydrogen) atoms. The molecule has 0 radical (unpaired) electrons. The smallest absolute Gasteiger partial charge is 0.317 e. The minimum Gasteiger partial charge on any atom is -0.406 e. The number of nitrogens with zero attached hydrogens (tertiary/aromatic N) is 3. The van der Waals surface area contributed by atoms with Crippen LogP contribution in [0, 0.1) is 22.5 Å². The highest BCUT2D eigenvalue weighted by molar-refractivity contribution is 7.99. The number of aryl methyl sites for hydroxylation is 1. The van der Waals surface area contributed by atoms with Gasteiger partial charge in [-0.3, -0.25) is 14.9 Å². The molecule has 0 bridgehead atoms. The molecule has 3 rings (SSSR count). The van der Waals surface area contributed by atoms with Gasteiger partial charge < -0.3 is 4.74 Å². The van der Waals surface area contributed by atoms with Gasteiger partial charge in [-0.1, -0.05) is 42.1 Å². The predicted molar refractivity (Wildman–Crippen MR) is 111 cm³/mol. The highest BCUT2D eigenvalue weighted by Crippen LogP contribution is 2.42. The summed E-state index contributed by atoms with van der Waals surface area (Å²) >= 11 is 1.16. The molecular formula is C21H21N3O4S. The van der Waals surface area contributed by atoms with Gasteiger partial charge >= 0.3 is 5.97 Å². The van der Waals surface area contributed by atoms with E-state index in [2.05, 4.69) is 5.10 Å². The average Bonchev–Trinajstić information content (AvgIpc) is 2.98. The molecule has 0 saturated carbocycles. The molecule has 0 atom stereocenters. The maximum atomic E-state index is 12.6. The molecule has 0 aliphatic heterocycles. The molecule has 1 heterocycles. The van der Waals surface area contributed by atoms with Gasteiger partial charge in [0.1, 0.15) is 0 Å². The molecule has 8 heteroatoms. The summed E-state index contributed by atoms with van der Waals surface area (Å²) in [5, 5.41) is 15.9. The lowest BCUT2D eigenvalue weighted by Gasteiger charge is -2.17. The van der Waals surface area contributed by atoms with Crippen molar-refractivity contribution in [3.05, 3.63) is 70.4 Å². The molecule has 3 aromatic rings. The van der Waals surface area contributed by atoms with E-state index in [4.69, 9.17) is 4.74 Å².